The molecule has 2 aliphatic heterocycles. The summed E-state index contributed by atoms with van der Waals surface area (Å²) in [6, 6.07) is 0. The first-order valence-corrected chi connectivity index (χ1v) is 8.33. The van der Waals surface area contributed by atoms with Crippen LogP contribution in [0, 0.1) is 5.92 Å². The molecule has 0 aliphatic carbocycles. The Morgan fingerprint density at radius 1 is 1.44 bits per heavy atom. The molecular weight excluding hydrogens is 244 g/mol. The Bertz CT molecular complexity index is 262. The molecule has 0 aromatic carbocycles. The van der Waals surface area contributed by atoms with Gasteiger partial charge in [-0.1, -0.05) is 6.92 Å². The maximum atomic E-state index is 6.19. The summed E-state index contributed by atoms with van der Waals surface area (Å²) < 4.78 is 5.35. The van der Waals surface area contributed by atoms with E-state index in [2.05, 4.69) is 23.6 Å². The molecule has 0 radical (unpaired) electrons. The fourth-order valence-electron chi connectivity index (χ4n) is 3.65. The van der Waals surface area contributed by atoms with Crippen LogP contribution in [-0.4, -0.2) is 54.8 Å². The molecule has 0 bridgehead atoms. The van der Waals surface area contributed by atoms with Gasteiger partial charge in [-0.15, -0.1) is 0 Å². The fourth-order valence-corrected chi connectivity index (χ4v) is 4.99. The molecule has 106 valence electrons. The Hall–Kier alpha value is 0.230. The molecular formula is C14H28N2OS. The monoisotopic (exact) mass is 272 g/mol. The van der Waals surface area contributed by atoms with Gasteiger partial charge in [0.2, 0.25) is 0 Å². The second-order valence-corrected chi connectivity index (χ2v) is 7.28. The molecule has 2 N–H and O–H groups in total. The molecule has 3 atom stereocenters. The molecule has 2 saturated heterocycles. The van der Waals surface area contributed by atoms with Crippen LogP contribution < -0.4 is 5.73 Å². The summed E-state index contributed by atoms with van der Waals surface area (Å²) in [6.07, 6.45) is 5.20. The Kier molecular flexibility index (Phi) is 5.36. The summed E-state index contributed by atoms with van der Waals surface area (Å²) in [4.78, 5) is 2.69. The van der Waals surface area contributed by atoms with Gasteiger partial charge in [-0.2, -0.15) is 11.8 Å². The van der Waals surface area contributed by atoms with Gasteiger partial charge < -0.3 is 10.5 Å². The van der Waals surface area contributed by atoms with Crippen LogP contribution in [-0.2, 0) is 4.74 Å². The number of thioether (sulfide) groups is 1. The normalized spacial score (nSPS) is 38.8. The van der Waals surface area contributed by atoms with E-state index in [1.54, 1.807) is 0 Å². The quantitative estimate of drug-likeness (QED) is 0.849. The number of likely N-dealkylation sites (tertiary alicyclic amines) is 1. The molecule has 0 saturated carbocycles. The Balaban J connectivity index is 2.06. The number of nitrogens with zero attached hydrogens (tertiary/aromatic N) is 1. The zero-order valence-electron chi connectivity index (χ0n) is 11.9. The highest BCUT2D eigenvalue weighted by Crippen LogP contribution is 2.39. The molecule has 0 aromatic heterocycles. The van der Waals surface area contributed by atoms with E-state index in [0.717, 1.165) is 13.2 Å². The van der Waals surface area contributed by atoms with Gasteiger partial charge in [-0.3, -0.25) is 4.90 Å². The average molecular weight is 272 g/mol. The predicted molar refractivity (Wildman–Crippen MR) is 79.1 cm³/mol. The average Bonchev–Trinajstić information content (AvgIpc) is 2.40. The van der Waals surface area contributed by atoms with Gasteiger partial charge in [-0.25, -0.2) is 0 Å². The first-order chi connectivity index (χ1) is 8.73. The van der Waals surface area contributed by atoms with Crippen LogP contribution in [0.25, 0.3) is 0 Å². The number of rotatable bonds is 4. The Labute approximate surface area is 116 Å². The third-order valence-corrected chi connectivity index (χ3v) is 6.25. The molecule has 2 heterocycles. The molecule has 3 unspecified atom stereocenters. The fraction of sp³-hybridized carbons (Fsp3) is 1.00. The van der Waals surface area contributed by atoms with Gasteiger partial charge in [0.1, 0.15) is 0 Å². The smallest absolute Gasteiger partial charge is 0.0502 e. The zero-order chi connectivity index (χ0) is 13.0. The third-order valence-electron chi connectivity index (χ3n) is 4.78. The molecule has 0 amide bonds. The molecule has 2 fully saturated rings. The predicted octanol–water partition coefficient (Wildman–Crippen LogP) is 1.96. The van der Waals surface area contributed by atoms with E-state index in [4.69, 9.17) is 10.5 Å². The topological polar surface area (TPSA) is 38.5 Å². The number of nitrogens with two attached hydrogens (primary N) is 1. The molecule has 3 nitrogen and oxygen atoms in total. The summed E-state index contributed by atoms with van der Waals surface area (Å²) in [5.74, 6) is 2.00. The number of piperidine rings is 1. The maximum absolute atomic E-state index is 6.19. The SMILES string of the molecule is COCC1CCCN(C2(CN)CCCSC2C)C1. The molecule has 18 heavy (non-hydrogen) atoms. The first-order valence-electron chi connectivity index (χ1n) is 7.28. The molecule has 4 heteroatoms. The molecule has 0 spiro atoms. The van der Waals surface area contributed by atoms with Gasteiger partial charge in [0.15, 0.2) is 0 Å². The van der Waals surface area contributed by atoms with Gasteiger partial charge in [0.25, 0.3) is 0 Å². The van der Waals surface area contributed by atoms with E-state index in [9.17, 15) is 0 Å². The van der Waals surface area contributed by atoms with E-state index in [0.29, 0.717) is 11.2 Å². The van der Waals surface area contributed by atoms with Crippen LogP contribution in [0.5, 0.6) is 0 Å². The van der Waals surface area contributed by atoms with E-state index in [-0.39, 0.29) is 5.54 Å². The highest BCUT2D eigenvalue weighted by atomic mass is 32.2. The Morgan fingerprint density at radius 2 is 2.28 bits per heavy atom. The number of ether oxygens (including phenoxy) is 1. The van der Waals surface area contributed by atoms with Crippen LogP contribution in [0.15, 0.2) is 0 Å². The van der Waals surface area contributed by atoms with Crippen molar-refractivity contribution in [2.24, 2.45) is 11.7 Å². The van der Waals surface area contributed by atoms with Gasteiger partial charge in [-0.05, 0) is 43.9 Å². The van der Waals surface area contributed by atoms with Crippen LogP contribution in [0.1, 0.15) is 32.6 Å². The van der Waals surface area contributed by atoms with Crippen molar-refractivity contribution in [2.75, 3.05) is 39.1 Å². The van der Waals surface area contributed by atoms with Crippen LogP contribution >= 0.6 is 11.8 Å². The summed E-state index contributed by atoms with van der Waals surface area (Å²) in [5.41, 5.74) is 6.44. The summed E-state index contributed by atoms with van der Waals surface area (Å²) in [5, 5.41) is 0.664. The second-order valence-electron chi connectivity index (χ2n) is 5.83. The van der Waals surface area contributed by atoms with E-state index in [1.807, 2.05) is 7.11 Å². The lowest BCUT2D eigenvalue weighted by Crippen LogP contribution is -2.63. The van der Waals surface area contributed by atoms with E-state index < -0.39 is 0 Å². The number of hydrogen-bond donors (Lipinski definition) is 1. The van der Waals surface area contributed by atoms with Gasteiger partial charge >= 0.3 is 0 Å². The summed E-state index contributed by atoms with van der Waals surface area (Å²) in [7, 11) is 1.82. The molecule has 0 aromatic rings. The number of methoxy groups -OCH3 is 1. The van der Waals surface area contributed by atoms with E-state index in [1.165, 1.54) is 44.5 Å². The lowest BCUT2D eigenvalue weighted by molar-refractivity contribution is 0.0162. The first kappa shape index (κ1) is 14.6. The van der Waals surface area contributed by atoms with Crippen molar-refractivity contribution in [3.8, 4) is 0 Å². The van der Waals surface area contributed by atoms with Crippen molar-refractivity contribution in [1.29, 1.82) is 0 Å². The largest absolute Gasteiger partial charge is 0.384 e. The van der Waals surface area contributed by atoms with Crippen molar-refractivity contribution >= 4 is 11.8 Å². The summed E-state index contributed by atoms with van der Waals surface area (Å²) in [6.45, 7) is 6.48. The zero-order valence-corrected chi connectivity index (χ0v) is 12.7. The third kappa shape index (κ3) is 2.87. The maximum Gasteiger partial charge on any atom is 0.0502 e. The minimum absolute atomic E-state index is 0.245. The van der Waals surface area contributed by atoms with Crippen molar-refractivity contribution < 1.29 is 4.74 Å². The van der Waals surface area contributed by atoms with Crippen molar-refractivity contribution in [2.45, 2.75) is 43.4 Å². The van der Waals surface area contributed by atoms with Crippen molar-refractivity contribution in [1.82, 2.24) is 4.90 Å². The van der Waals surface area contributed by atoms with Gasteiger partial charge in [0.05, 0.1) is 6.61 Å². The minimum atomic E-state index is 0.245. The standard InChI is InChI=1S/C14H28N2OS/c1-12-14(11-15,6-4-8-18-12)16-7-3-5-13(9-16)10-17-2/h12-13H,3-11,15H2,1-2H3. The lowest BCUT2D eigenvalue weighted by Gasteiger charge is -2.52. The van der Waals surface area contributed by atoms with Gasteiger partial charge in [0, 0.05) is 31.0 Å². The number of hydrogen-bond acceptors (Lipinski definition) is 4. The van der Waals surface area contributed by atoms with Crippen LogP contribution in [0.3, 0.4) is 0 Å². The highest BCUT2D eigenvalue weighted by Gasteiger charge is 2.43. The minimum Gasteiger partial charge on any atom is -0.384 e. The second kappa shape index (κ2) is 6.60. The molecule has 2 rings (SSSR count). The molecule has 2 aliphatic rings. The van der Waals surface area contributed by atoms with Crippen LogP contribution in [0.2, 0.25) is 0 Å². The lowest BCUT2D eigenvalue weighted by atomic mass is 9.84. The van der Waals surface area contributed by atoms with Crippen molar-refractivity contribution in [3.63, 3.8) is 0 Å². The van der Waals surface area contributed by atoms with E-state index >= 15 is 0 Å². The van der Waals surface area contributed by atoms with Crippen LogP contribution in [0.4, 0.5) is 0 Å². The van der Waals surface area contributed by atoms with Crippen molar-refractivity contribution in [3.05, 3.63) is 0 Å². The highest BCUT2D eigenvalue weighted by molar-refractivity contribution is 8.00. The Morgan fingerprint density at radius 3 is 2.94 bits per heavy atom. The summed E-state index contributed by atoms with van der Waals surface area (Å²) >= 11 is 2.10.